The van der Waals surface area contributed by atoms with Crippen molar-refractivity contribution >= 4 is 0 Å². The zero-order valence-electron chi connectivity index (χ0n) is 6.79. The summed E-state index contributed by atoms with van der Waals surface area (Å²) in [6.45, 7) is 0. The third-order valence-corrected chi connectivity index (χ3v) is 1.07. The third kappa shape index (κ3) is 4.41. The summed E-state index contributed by atoms with van der Waals surface area (Å²) in [7, 11) is 0. The molecule has 66 valence electrons. The average Bonchev–Trinajstić information content (AvgIpc) is 2.22. The number of aromatic amines is 1. The van der Waals surface area contributed by atoms with E-state index in [0.717, 1.165) is 0 Å². The Kier molecular flexibility index (Phi) is 3.89. The molecule has 0 aliphatic carbocycles. The number of hydrogen-bond donors (Lipinski definition) is 1. The van der Waals surface area contributed by atoms with Crippen LogP contribution in [0.1, 0.15) is 0 Å². The molecule has 0 aromatic carbocycles. The van der Waals surface area contributed by atoms with E-state index < -0.39 is 0 Å². The Hall–Kier alpha value is -2.04. The van der Waals surface area contributed by atoms with Gasteiger partial charge >= 0.3 is 0 Å². The van der Waals surface area contributed by atoms with Crippen LogP contribution in [0.4, 0.5) is 0 Å². The molecule has 0 spiro atoms. The van der Waals surface area contributed by atoms with Gasteiger partial charge in [-0.1, -0.05) is 0 Å². The highest BCUT2D eigenvalue weighted by Gasteiger charge is 1.70. The van der Waals surface area contributed by atoms with E-state index in [1.807, 2.05) is 0 Å². The summed E-state index contributed by atoms with van der Waals surface area (Å²) in [5, 5.41) is 0. The highest BCUT2D eigenvalue weighted by molar-refractivity contribution is 4.76. The van der Waals surface area contributed by atoms with Gasteiger partial charge in [-0.15, -0.1) is 0 Å². The molecule has 0 fully saturated rings. The second-order valence-electron chi connectivity index (χ2n) is 2.01. The monoisotopic (exact) mass is 176 g/mol. The van der Waals surface area contributed by atoms with E-state index in [4.69, 9.17) is 0 Å². The second kappa shape index (κ2) is 5.59. The predicted molar refractivity (Wildman–Crippen MR) is 46.9 cm³/mol. The molecule has 5 nitrogen and oxygen atoms in total. The molecule has 5 heteroatoms. The van der Waals surface area contributed by atoms with Crippen molar-refractivity contribution in [3.05, 3.63) is 53.7 Å². The Morgan fingerprint density at radius 1 is 1.08 bits per heavy atom. The van der Waals surface area contributed by atoms with Gasteiger partial charge in [0, 0.05) is 24.7 Å². The molecular weight excluding hydrogens is 168 g/mol. The summed E-state index contributed by atoms with van der Waals surface area (Å²) in [5.74, 6) is 0. The number of aromatic nitrogens is 4. The van der Waals surface area contributed by atoms with Gasteiger partial charge in [0.2, 0.25) is 0 Å². The maximum Gasteiger partial charge on any atom is 0.250 e. The Labute approximate surface area is 74.5 Å². The van der Waals surface area contributed by atoms with Crippen molar-refractivity contribution < 1.29 is 0 Å². The molecule has 2 aromatic heterocycles. The van der Waals surface area contributed by atoms with Gasteiger partial charge in [-0.25, -0.2) is 15.0 Å². The Morgan fingerprint density at radius 2 is 1.85 bits per heavy atom. The Balaban J connectivity index is 0.000000132. The predicted octanol–water partition coefficient (Wildman–Crippen LogP) is 0.247. The average molecular weight is 176 g/mol. The van der Waals surface area contributed by atoms with Crippen molar-refractivity contribution in [2.45, 2.75) is 0 Å². The van der Waals surface area contributed by atoms with E-state index in [1.54, 1.807) is 18.5 Å². The molecule has 0 radical (unpaired) electrons. The first-order chi connectivity index (χ1) is 6.39. The fourth-order valence-electron chi connectivity index (χ4n) is 0.556. The second-order valence-corrected chi connectivity index (χ2v) is 2.01. The molecule has 2 rings (SSSR count). The van der Waals surface area contributed by atoms with E-state index in [2.05, 4.69) is 19.9 Å². The smallest absolute Gasteiger partial charge is 0.250 e. The minimum Gasteiger partial charge on any atom is -0.313 e. The van der Waals surface area contributed by atoms with Crippen LogP contribution in [0.25, 0.3) is 0 Å². The minimum atomic E-state index is -0.116. The first-order valence-corrected chi connectivity index (χ1v) is 3.58. The van der Waals surface area contributed by atoms with Crippen molar-refractivity contribution in [2.75, 3.05) is 0 Å². The number of nitrogens with zero attached hydrogens (tertiary/aromatic N) is 3. The lowest BCUT2D eigenvalue weighted by Crippen LogP contribution is -2.00. The highest BCUT2D eigenvalue weighted by atomic mass is 16.1. The molecule has 0 aliphatic rings. The molecule has 0 saturated heterocycles. The summed E-state index contributed by atoms with van der Waals surface area (Å²) < 4.78 is 0. The quantitative estimate of drug-likeness (QED) is 0.624. The van der Waals surface area contributed by atoms with Gasteiger partial charge in [-0.3, -0.25) is 4.79 Å². The Morgan fingerprint density at radius 3 is 2.08 bits per heavy atom. The van der Waals surface area contributed by atoms with Crippen LogP contribution in [0, 0.1) is 0 Å². The van der Waals surface area contributed by atoms with Crippen molar-refractivity contribution in [2.24, 2.45) is 0 Å². The van der Waals surface area contributed by atoms with Crippen molar-refractivity contribution in [1.29, 1.82) is 0 Å². The van der Waals surface area contributed by atoms with Crippen LogP contribution in [0.3, 0.4) is 0 Å². The summed E-state index contributed by atoms with van der Waals surface area (Å²) in [4.78, 5) is 23.5. The normalized spacial score (nSPS) is 8.31. The van der Waals surface area contributed by atoms with Gasteiger partial charge < -0.3 is 4.98 Å². The maximum absolute atomic E-state index is 10.2. The van der Waals surface area contributed by atoms with Gasteiger partial charge in [-0.2, -0.15) is 0 Å². The topological polar surface area (TPSA) is 71.5 Å². The molecule has 0 bridgehead atoms. The van der Waals surface area contributed by atoms with Crippen LogP contribution in [-0.2, 0) is 0 Å². The standard InChI is InChI=1S/C4H4N2O.C4H4N2/c7-4-1-2-5-3-6-4;1-2-5-4-6-3-1/h1-3H,(H,5,6,7);1-4H. The first kappa shape index (κ1) is 9.05. The van der Waals surface area contributed by atoms with E-state index >= 15 is 0 Å². The maximum atomic E-state index is 10.2. The van der Waals surface area contributed by atoms with Crippen LogP contribution in [0.5, 0.6) is 0 Å². The number of H-pyrrole nitrogens is 1. The molecule has 0 atom stereocenters. The zero-order chi connectivity index (χ0) is 9.36. The van der Waals surface area contributed by atoms with Crippen molar-refractivity contribution in [3.8, 4) is 0 Å². The van der Waals surface area contributed by atoms with Crippen molar-refractivity contribution in [1.82, 2.24) is 19.9 Å². The number of nitrogens with one attached hydrogen (secondary N) is 1. The fourth-order valence-corrected chi connectivity index (χ4v) is 0.556. The molecule has 1 N–H and O–H groups in total. The largest absolute Gasteiger partial charge is 0.313 e. The number of rotatable bonds is 0. The molecular formula is C8H8N4O. The van der Waals surface area contributed by atoms with Crippen LogP contribution < -0.4 is 5.56 Å². The Bertz CT molecular complexity index is 329. The van der Waals surface area contributed by atoms with E-state index in [9.17, 15) is 4.79 Å². The first-order valence-electron chi connectivity index (χ1n) is 3.58. The van der Waals surface area contributed by atoms with Crippen molar-refractivity contribution in [3.63, 3.8) is 0 Å². The summed E-state index contributed by atoms with van der Waals surface area (Å²) in [6, 6.07) is 3.14. The van der Waals surface area contributed by atoms with Gasteiger partial charge in [0.1, 0.15) is 6.33 Å². The third-order valence-electron chi connectivity index (χ3n) is 1.07. The summed E-state index contributed by atoms with van der Waals surface area (Å²) in [6.07, 6.45) is 7.67. The molecule has 0 unspecified atom stereocenters. The minimum absolute atomic E-state index is 0.116. The lowest BCUT2D eigenvalue weighted by atomic mass is 10.7. The summed E-state index contributed by atoms with van der Waals surface area (Å²) >= 11 is 0. The van der Waals surface area contributed by atoms with E-state index in [-0.39, 0.29) is 5.56 Å². The lowest BCUT2D eigenvalue weighted by Gasteiger charge is -1.73. The van der Waals surface area contributed by atoms with Gasteiger partial charge in [-0.05, 0) is 6.07 Å². The van der Waals surface area contributed by atoms with Crippen LogP contribution in [0.15, 0.2) is 48.2 Å². The van der Waals surface area contributed by atoms with E-state index in [1.165, 1.54) is 24.9 Å². The highest BCUT2D eigenvalue weighted by Crippen LogP contribution is 1.66. The van der Waals surface area contributed by atoms with Gasteiger partial charge in [0.15, 0.2) is 0 Å². The van der Waals surface area contributed by atoms with Crippen LogP contribution in [-0.4, -0.2) is 19.9 Å². The molecule has 13 heavy (non-hydrogen) atoms. The number of hydrogen-bond acceptors (Lipinski definition) is 4. The molecule has 0 amide bonds. The molecule has 2 heterocycles. The lowest BCUT2D eigenvalue weighted by molar-refractivity contribution is 1.12. The SMILES string of the molecule is O=c1ccnc[nH]1.c1cncnc1. The van der Waals surface area contributed by atoms with Gasteiger partial charge in [0.05, 0.1) is 6.33 Å². The zero-order valence-corrected chi connectivity index (χ0v) is 6.79. The van der Waals surface area contributed by atoms with Gasteiger partial charge in [0.25, 0.3) is 5.56 Å². The molecule has 0 saturated carbocycles. The van der Waals surface area contributed by atoms with Crippen LogP contribution in [0.2, 0.25) is 0 Å². The summed E-state index contributed by atoms with van der Waals surface area (Å²) in [5.41, 5.74) is -0.116. The van der Waals surface area contributed by atoms with E-state index in [0.29, 0.717) is 0 Å². The molecule has 2 aromatic rings. The van der Waals surface area contributed by atoms with Crippen LogP contribution >= 0.6 is 0 Å². The fraction of sp³-hybridized carbons (Fsp3) is 0. The molecule has 0 aliphatic heterocycles.